The molecule has 0 spiro atoms. The van der Waals surface area contributed by atoms with Gasteiger partial charge in [0.25, 0.3) is 0 Å². The second-order valence-electron chi connectivity index (χ2n) is 4.20. The quantitative estimate of drug-likeness (QED) is 0.898. The lowest BCUT2D eigenvalue weighted by molar-refractivity contribution is 0.411. The van der Waals surface area contributed by atoms with Gasteiger partial charge in [-0.1, -0.05) is 12.1 Å². The second-order valence-corrected chi connectivity index (χ2v) is 5.06. The van der Waals surface area contributed by atoms with E-state index in [9.17, 15) is 0 Å². The molecule has 96 valence electrons. The van der Waals surface area contributed by atoms with Gasteiger partial charge in [0.1, 0.15) is 5.75 Å². The molecule has 0 saturated heterocycles. The molecular weight excluding hydrogens is 244 g/mol. The largest absolute Gasteiger partial charge is 0.496 e. The normalized spacial score (nSPS) is 10.4. The first-order valence-corrected chi connectivity index (χ1v) is 6.86. The molecule has 3 nitrogen and oxygen atoms in total. The van der Waals surface area contributed by atoms with Crippen LogP contribution in [-0.2, 0) is 12.8 Å². The Morgan fingerprint density at radius 3 is 2.78 bits per heavy atom. The topological polar surface area (TPSA) is 34.2 Å². The molecule has 2 aromatic rings. The highest BCUT2D eigenvalue weighted by Gasteiger charge is 2.03. The first-order chi connectivity index (χ1) is 8.72. The maximum atomic E-state index is 5.26. The number of methoxy groups -OCH3 is 1. The van der Waals surface area contributed by atoms with Crippen LogP contribution >= 0.6 is 11.3 Å². The molecule has 1 aromatic carbocycles. The Bertz CT molecular complexity index is 522. The molecule has 18 heavy (non-hydrogen) atoms. The molecule has 0 aliphatic carbocycles. The van der Waals surface area contributed by atoms with Crippen LogP contribution in [0.2, 0.25) is 0 Å². The summed E-state index contributed by atoms with van der Waals surface area (Å²) in [6, 6.07) is 6.34. The molecule has 0 radical (unpaired) electrons. The highest BCUT2D eigenvalue weighted by molar-refractivity contribution is 7.13. The van der Waals surface area contributed by atoms with Crippen LogP contribution in [-0.4, -0.2) is 19.1 Å². The maximum absolute atomic E-state index is 5.26. The molecule has 1 aromatic heterocycles. The van der Waals surface area contributed by atoms with E-state index in [0.29, 0.717) is 0 Å². The van der Waals surface area contributed by atoms with Gasteiger partial charge >= 0.3 is 0 Å². The second kappa shape index (κ2) is 5.87. The first kappa shape index (κ1) is 12.9. The van der Waals surface area contributed by atoms with E-state index in [1.165, 1.54) is 11.1 Å². The number of ether oxygens (including phenoxy) is 1. The fourth-order valence-electron chi connectivity index (χ4n) is 1.91. The third-order valence-corrected chi connectivity index (χ3v) is 3.80. The van der Waals surface area contributed by atoms with Crippen LogP contribution in [0.5, 0.6) is 5.75 Å². The number of hydrogen-bond donors (Lipinski definition) is 1. The standard InChI is InChI=1S/C14H18N2OS/c1-10-8-11(5-7-13(10)17-3)4-6-12-9-18-14(15-2)16-12/h5,7-9H,4,6H2,1-3H3,(H,15,16). The summed E-state index contributed by atoms with van der Waals surface area (Å²) in [6.45, 7) is 2.07. The summed E-state index contributed by atoms with van der Waals surface area (Å²) in [6.07, 6.45) is 1.99. The van der Waals surface area contributed by atoms with E-state index < -0.39 is 0 Å². The number of thiazole rings is 1. The SMILES string of the molecule is CNc1nc(CCc2ccc(OC)c(C)c2)cs1. The summed E-state index contributed by atoms with van der Waals surface area (Å²) in [5.74, 6) is 0.949. The fourth-order valence-corrected chi connectivity index (χ4v) is 2.61. The molecule has 1 heterocycles. The Morgan fingerprint density at radius 1 is 1.33 bits per heavy atom. The number of nitrogens with one attached hydrogen (secondary N) is 1. The van der Waals surface area contributed by atoms with E-state index in [2.05, 4.69) is 34.7 Å². The van der Waals surface area contributed by atoms with E-state index >= 15 is 0 Å². The molecule has 1 N–H and O–H groups in total. The minimum absolute atomic E-state index is 0.949. The molecule has 0 unspecified atom stereocenters. The van der Waals surface area contributed by atoms with Crippen molar-refractivity contribution in [2.24, 2.45) is 0 Å². The lowest BCUT2D eigenvalue weighted by atomic mass is 10.1. The molecule has 0 aliphatic heterocycles. The predicted molar refractivity (Wildman–Crippen MR) is 76.8 cm³/mol. The maximum Gasteiger partial charge on any atom is 0.182 e. The first-order valence-electron chi connectivity index (χ1n) is 5.98. The molecular formula is C14H18N2OS. The lowest BCUT2D eigenvalue weighted by Gasteiger charge is -2.06. The summed E-state index contributed by atoms with van der Waals surface area (Å²) < 4.78 is 5.26. The van der Waals surface area contributed by atoms with E-state index in [-0.39, 0.29) is 0 Å². The van der Waals surface area contributed by atoms with E-state index in [1.807, 2.05) is 13.1 Å². The highest BCUT2D eigenvalue weighted by atomic mass is 32.1. The zero-order chi connectivity index (χ0) is 13.0. The molecule has 4 heteroatoms. The van der Waals surface area contributed by atoms with Gasteiger partial charge in [0.05, 0.1) is 12.8 Å². The lowest BCUT2D eigenvalue weighted by Crippen LogP contribution is -1.95. The Balaban J connectivity index is 1.99. The van der Waals surface area contributed by atoms with Crippen molar-refractivity contribution in [3.8, 4) is 5.75 Å². The Labute approximate surface area is 112 Å². The number of hydrogen-bond acceptors (Lipinski definition) is 4. The van der Waals surface area contributed by atoms with Gasteiger partial charge in [-0.25, -0.2) is 4.98 Å². The zero-order valence-corrected chi connectivity index (χ0v) is 11.8. The van der Waals surface area contributed by atoms with Crippen molar-refractivity contribution < 1.29 is 4.74 Å². The minimum atomic E-state index is 0.949. The summed E-state index contributed by atoms with van der Waals surface area (Å²) in [4.78, 5) is 4.48. The van der Waals surface area contributed by atoms with Crippen molar-refractivity contribution in [2.45, 2.75) is 19.8 Å². The van der Waals surface area contributed by atoms with Gasteiger partial charge in [-0.2, -0.15) is 0 Å². The molecule has 0 amide bonds. The van der Waals surface area contributed by atoms with Crippen molar-refractivity contribution in [1.29, 1.82) is 0 Å². The van der Waals surface area contributed by atoms with Crippen LogP contribution < -0.4 is 10.1 Å². The van der Waals surface area contributed by atoms with Gasteiger partial charge in [-0.05, 0) is 37.0 Å². The van der Waals surface area contributed by atoms with Gasteiger partial charge in [-0.3, -0.25) is 0 Å². The molecule has 0 fully saturated rings. The van der Waals surface area contributed by atoms with Crippen LogP contribution in [0.1, 0.15) is 16.8 Å². The van der Waals surface area contributed by atoms with Gasteiger partial charge < -0.3 is 10.1 Å². The molecule has 0 atom stereocenters. The number of anilines is 1. The fraction of sp³-hybridized carbons (Fsp3) is 0.357. The summed E-state index contributed by atoms with van der Waals surface area (Å²) in [5, 5.41) is 6.16. The monoisotopic (exact) mass is 262 g/mol. The van der Waals surface area contributed by atoms with Crippen LogP contribution in [0.3, 0.4) is 0 Å². The Hall–Kier alpha value is -1.55. The third kappa shape index (κ3) is 3.01. The van der Waals surface area contributed by atoms with Gasteiger partial charge in [0, 0.05) is 12.4 Å². The average molecular weight is 262 g/mol. The van der Waals surface area contributed by atoms with E-state index in [0.717, 1.165) is 29.4 Å². The van der Waals surface area contributed by atoms with Crippen LogP contribution in [0.15, 0.2) is 23.6 Å². The van der Waals surface area contributed by atoms with Gasteiger partial charge in [-0.15, -0.1) is 11.3 Å². The van der Waals surface area contributed by atoms with Gasteiger partial charge in [0.2, 0.25) is 0 Å². The Morgan fingerprint density at radius 2 is 2.17 bits per heavy atom. The number of aromatic nitrogens is 1. The van der Waals surface area contributed by atoms with Crippen molar-refractivity contribution in [1.82, 2.24) is 4.98 Å². The van der Waals surface area contributed by atoms with Crippen molar-refractivity contribution in [2.75, 3.05) is 19.5 Å². The number of aryl methyl sites for hydroxylation is 3. The summed E-state index contributed by atoms with van der Waals surface area (Å²) >= 11 is 1.65. The minimum Gasteiger partial charge on any atom is -0.496 e. The van der Waals surface area contributed by atoms with Crippen LogP contribution in [0.4, 0.5) is 5.13 Å². The molecule has 2 rings (SSSR count). The third-order valence-electron chi connectivity index (χ3n) is 2.89. The zero-order valence-electron chi connectivity index (χ0n) is 11.0. The average Bonchev–Trinajstić information content (AvgIpc) is 2.84. The molecule has 0 bridgehead atoms. The summed E-state index contributed by atoms with van der Waals surface area (Å²) in [5.41, 5.74) is 3.66. The Kier molecular flexibility index (Phi) is 4.20. The molecule has 0 aliphatic rings. The summed E-state index contributed by atoms with van der Waals surface area (Å²) in [7, 11) is 3.60. The van der Waals surface area contributed by atoms with E-state index in [4.69, 9.17) is 4.74 Å². The van der Waals surface area contributed by atoms with E-state index in [1.54, 1.807) is 18.4 Å². The predicted octanol–water partition coefficient (Wildman–Crippen LogP) is 3.29. The smallest absolute Gasteiger partial charge is 0.182 e. The molecule has 0 saturated carbocycles. The number of benzene rings is 1. The van der Waals surface area contributed by atoms with Gasteiger partial charge in [0.15, 0.2) is 5.13 Å². The number of rotatable bonds is 5. The van der Waals surface area contributed by atoms with Crippen LogP contribution in [0, 0.1) is 6.92 Å². The van der Waals surface area contributed by atoms with Crippen LogP contribution in [0.25, 0.3) is 0 Å². The van der Waals surface area contributed by atoms with Crippen molar-refractivity contribution in [3.05, 3.63) is 40.4 Å². The van der Waals surface area contributed by atoms with Crippen molar-refractivity contribution >= 4 is 16.5 Å². The van der Waals surface area contributed by atoms with Crippen molar-refractivity contribution in [3.63, 3.8) is 0 Å². The highest BCUT2D eigenvalue weighted by Crippen LogP contribution is 2.20. The number of nitrogens with zero attached hydrogens (tertiary/aromatic N) is 1.